The van der Waals surface area contributed by atoms with Crippen LogP contribution in [-0.2, 0) is 20.6 Å². The Morgan fingerprint density at radius 3 is 2.32 bits per heavy atom. The number of hydrogen-bond donors (Lipinski definition) is 2. The summed E-state index contributed by atoms with van der Waals surface area (Å²) >= 11 is 0. The first kappa shape index (κ1) is 16.5. The Kier molecular flexibility index (Phi) is 4.84. The first-order valence-electron chi connectivity index (χ1n) is 7.11. The molecule has 0 spiro atoms. The zero-order valence-electron chi connectivity index (χ0n) is 12.1. The number of rotatable bonds is 5. The average Bonchev–Trinajstić information content (AvgIpc) is 2.48. The lowest BCUT2D eigenvalue weighted by Crippen LogP contribution is -2.55. The van der Waals surface area contributed by atoms with E-state index < -0.39 is 21.5 Å². The van der Waals surface area contributed by atoms with Crippen molar-refractivity contribution in [2.24, 2.45) is 0 Å². The van der Waals surface area contributed by atoms with E-state index in [1.165, 1.54) is 0 Å². The summed E-state index contributed by atoms with van der Waals surface area (Å²) in [5.74, 6) is -1.41. The van der Waals surface area contributed by atoms with E-state index in [1.807, 2.05) is 6.07 Å². The normalized spacial score (nSPS) is 17.6. The maximum atomic E-state index is 12.3. The molecule has 2 N–H and O–H groups in total. The van der Waals surface area contributed by atoms with E-state index in [0.717, 1.165) is 6.42 Å². The summed E-state index contributed by atoms with van der Waals surface area (Å²) in [6.07, 6.45) is 2.95. The van der Waals surface area contributed by atoms with Crippen molar-refractivity contribution in [3.63, 3.8) is 0 Å². The molecule has 1 fully saturated rings. The molecule has 0 aromatic heterocycles. The van der Waals surface area contributed by atoms with Crippen LogP contribution in [0.1, 0.15) is 43.2 Å². The van der Waals surface area contributed by atoms with Gasteiger partial charge in [0.2, 0.25) is 10.0 Å². The smallest absolute Gasteiger partial charge is 0.324 e. The number of carboxylic acids is 1. The van der Waals surface area contributed by atoms with Gasteiger partial charge in [0.1, 0.15) is 5.54 Å². The van der Waals surface area contributed by atoms with Crippen molar-refractivity contribution in [1.82, 2.24) is 4.72 Å². The fraction of sp³-hybridized carbons (Fsp3) is 0.467. The lowest BCUT2D eigenvalue weighted by atomic mass is 9.83. The predicted octanol–water partition coefficient (Wildman–Crippen LogP) is 1.77. The lowest BCUT2D eigenvalue weighted by Gasteiger charge is -2.33. The van der Waals surface area contributed by atoms with Crippen molar-refractivity contribution in [3.05, 3.63) is 35.4 Å². The number of benzene rings is 1. The summed E-state index contributed by atoms with van der Waals surface area (Å²) in [5, 5.41) is 18.1. The molecule has 0 saturated heterocycles. The highest BCUT2D eigenvalue weighted by Crippen LogP contribution is 2.29. The number of carbonyl (C=O) groups is 1. The molecule has 118 valence electrons. The van der Waals surface area contributed by atoms with Crippen LogP contribution in [0.3, 0.4) is 0 Å². The van der Waals surface area contributed by atoms with Crippen LogP contribution in [0.5, 0.6) is 0 Å². The molecule has 0 aliphatic heterocycles. The maximum absolute atomic E-state index is 12.3. The molecule has 2 rings (SSSR count). The highest BCUT2D eigenvalue weighted by molar-refractivity contribution is 7.88. The molecule has 0 heterocycles. The Balaban J connectivity index is 2.15. The highest BCUT2D eigenvalue weighted by atomic mass is 32.2. The molecule has 0 bridgehead atoms. The van der Waals surface area contributed by atoms with Crippen LogP contribution in [0.2, 0.25) is 0 Å². The Labute approximate surface area is 129 Å². The standard InChI is InChI=1S/C15H18N2O4S/c16-10-12-4-6-13(7-5-12)11-22(20,21)17-15(14(18)19)8-2-1-3-9-15/h4-7,17H,1-3,8-9,11H2,(H,18,19). The molecule has 0 unspecified atom stereocenters. The molecular formula is C15H18N2O4S. The van der Waals surface area contributed by atoms with Gasteiger partial charge in [-0.15, -0.1) is 0 Å². The van der Waals surface area contributed by atoms with E-state index >= 15 is 0 Å². The summed E-state index contributed by atoms with van der Waals surface area (Å²) < 4.78 is 27.0. The quantitative estimate of drug-likeness (QED) is 0.859. The largest absolute Gasteiger partial charge is 0.480 e. The maximum Gasteiger partial charge on any atom is 0.324 e. The average molecular weight is 322 g/mol. The Morgan fingerprint density at radius 2 is 1.82 bits per heavy atom. The van der Waals surface area contributed by atoms with Gasteiger partial charge < -0.3 is 5.11 Å². The van der Waals surface area contributed by atoms with E-state index in [2.05, 4.69) is 4.72 Å². The minimum absolute atomic E-state index is 0.298. The number of sulfonamides is 1. The third kappa shape index (κ3) is 3.84. The van der Waals surface area contributed by atoms with E-state index in [-0.39, 0.29) is 5.75 Å². The number of hydrogen-bond acceptors (Lipinski definition) is 4. The second kappa shape index (κ2) is 6.46. The number of nitrogens with zero attached hydrogens (tertiary/aromatic N) is 1. The summed E-state index contributed by atoms with van der Waals surface area (Å²) in [7, 11) is -3.77. The molecule has 1 aliphatic carbocycles. The SMILES string of the molecule is N#Cc1ccc(CS(=O)(=O)NC2(C(=O)O)CCCCC2)cc1. The van der Waals surface area contributed by atoms with Crippen LogP contribution < -0.4 is 4.72 Å². The fourth-order valence-corrected chi connectivity index (χ4v) is 4.33. The van der Waals surface area contributed by atoms with Gasteiger partial charge in [0, 0.05) is 0 Å². The number of nitriles is 1. The predicted molar refractivity (Wildman–Crippen MR) is 80.4 cm³/mol. The first-order chi connectivity index (χ1) is 10.4. The summed E-state index contributed by atoms with van der Waals surface area (Å²) in [6.45, 7) is 0. The second-order valence-corrected chi connectivity index (χ2v) is 7.34. The van der Waals surface area contributed by atoms with Gasteiger partial charge in [0.05, 0.1) is 17.4 Å². The number of nitrogens with one attached hydrogen (secondary N) is 1. The van der Waals surface area contributed by atoms with Gasteiger partial charge >= 0.3 is 5.97 Å². The summed E-state index contributed by atoms with van der Waals surface area (Å²) in [6, 6.07) is 8.16. The zero-order chi connectivity index (χ0) is 16.2. The Bertz CT molecular complexity index is 683. The van der Waals surface area contributed by atoms with Gasteiger partial charge in [-0.3, -0.25) is 4.79 Å². The molecule has 0 atom stereocenters. The number of carboxylic acid groups (broad SMARTS) is 1. The van der Waals surface area contributed by atoms with Crippen LogP contribution in [0, 0.1) is 11.3 Å². The third-order valence-electron chi connectivity index (χ3n) is 3.91. The molecule has 0 amide bonds. The van der Waals surface area contributed by atoms with Crippen LogP contribution in [0.15, 0.2) is 24.3 Å². The topological polar surface area (TPSA) is 107 Å². The minimum Gasteiger partial charge on any atom is -0.480 e. The highest BCUT2D eigenvalue weighted by Gasteiger charge is 2.42. The first-order valence-corrected chi connectivity index (χ1v) is 8.76. The van der Waals surface area contributed by atoms with E-state index in [0.29, 0.717) is 36.8 Å². The minimum atomic E-state index is -3.77. The van der Waals surface area contributed by atoms with E-state index in [9.17, 15) is 18.3 Å². The van der Waals surface area contributed by atoms with Gasteiger partial charge in [-0.1, -0.05) is 31.4 Å². The van der Waals surface area contributed by atoms with Gasteiger partial charge in [0.15, 0.2) is 0 Å². The molecule has 7 heteroatoms. The van der Waals surface area contributed by atoms with Crippen LogP contribution in [0.4, 0.5) is 0 Å². The van der Waals surface area contributed by atoms with Crippen LogP contribution in [-0.4, -0.2) is 25.0 Å². The third-order valence-corrected chi connectivity index (χ3v) is 5.32. The van der Waals surface area contributed by atoms with Crippen LogP contribution >= 0.6 is 0 Å². The molecule has 1 aromatic rings. The van der Waals surface area contributed by atoms with Crippen molar-refractivity contribution in [1.29, 1.82) is 5.26 Å². The van der Waals surface area contributed by atoms with Crippen molar-refractivity contribution >= 4 is 16.0 Å². The van der Waals surface area contributed by atoms with Gasteiger partial charge in [0.25, 0.3) is 0 Å². The molecule has 22 heavy (non-hydrogen) atoms. The Morgan fingerprint density at radius 1 is 1.23 bits per heavy atom. The van der Waals surface area contributed by atoms with Gasteiger partial charge in [-0.2, -0.15) is 9.98 Å². The second-order valence-electron chi connectivity index (χ2n) is 5.62. The molecule has 1 aliphatic rings. The molecule has 0 radical (unpaired) electrons. The van der Waals surface area contributed by atoms with Crippen LogP contribution in [0.25, 0.3) is 0 Å². The van der Waals surface area contributed by atoms with Crippen molar-refractivity contribution in [2.45, 2.75) is 43.4 Å². The van der Waals surface area contributed by atoms with Gasteiger partial charge in [-0.25, -0.2) is 8.42 Å². The van der Waals surface area contributed by atoms with Crippen molar-refractivity contribution in [2.75, 3.05) is 0 Å². The van der Waals surface area contributed by atoms with E-state index in [4.69, 9.17) is 5.26 Å². The molecular weight excluding hydrogens is 304 g/mol. The summed E-state index contributed by atoms with van der Waals surface area (Å²) in [4.78, 5) is 11.5. The Hall–Kier alpha value is -1.91. The monoisotopic (exact) mass is 322 g/mol. The van der Waals surface area contributed by atoms with E-state index in [1.54, 1.807) is 24.3 Å². The zero-order valence-corrected chi connectivity index (χ0v) is 12.9. The van der Waals surface area contributed by atoms with Crippen molar-refractivity contribution < 1.29 is 18.3 Å². The molecule has 1 aromatic carbocycles. The molecule has 1 saturated carbocycles. The number of aliphatic carboxylic acids is 1. The molecule has 6 nitrogen and oxygen atoms in total. The van der Waals surface area contributed by atoms with Gasteiger partial charge in [-0.05, 0) is 30.5 Å². The van der Waals surface area contributed by atoms with Crippen molar-refractivity contribution in [3.8, 4) is 6.07 Å². The fourth-order valence-electron chi connectivity index (χ4n) is 2.74. The lowest BCUT2D eigenvalue weighted by molar-refractivity contribution is -0.145. The summed E-state index contributed by atoms with van der Waals surface area (Å²) in [5.41, 5.74) is -0.421.